The van der Waals surface area contributed by atoms with E-state index in [0.717, 1.165) is 5.56 Å². The highest BCUT2D eigenvalue weighted by molar-refractivity contribution is 9.10. The third-order valence-corrected chi connectivity index (χ3v) is 6.36. The van der Waals surface area contributed by atoms with E-state index in [1.54, 1.807) is 32.4 Å². The molecule has 1 amide bonds. The van der Waals surface area contributed by atoms with E-state index in [2.05, 4.69) is 22.5 Å². The van der Waals surface area contributed by atoms with Gasteiger partial charge in [-0.3, -0.25) is 9.69 Å². The maximum absolute atomic E-state index is 12.6. The number of thiocarbonyl (C=S) groups is 1. The summed E-state index contributed by atoms with van der Waals surface area (Å²) in [6, 6.07) is 11.1. The number of carbonyl (C=O) groups excluding carboxylic acids is 1. The zero-order valence-corrected chi connectivity index (χ0v) is 20.8. The molecule has 6 nitrogen and oxygen atoms in total. The van der Waals surface area contributed by atoms with E-state index in [-0.39, 0.29) is 5.91 Å². The lowest BCUT2D eigenvalue weighted by molar-refractivity contribution is -0.121. The number of halogens is 1. The molecule has 32 heavy (non-hydrogen) atoms. The zero-order chi connectivity index (χ0) is 23.1. The average Bonchev–Trinajstić information content (AvgIpc) is 3.05. The third-order valence-electron chi connectivity index (χ3n) is 4.39. The van der Waals surface area contributed by atoms with Crippen LogP contribution in [0, 0.1) is 0 Å². The summed E-state index contributed by atoms with van der Waals surface area (Å²) in [5, 5.41) is 0. The van der Waals surface area contributed by atoms with Gasteiger partial charge in [-0.1, -0.05) is 42.2 Å². The van der Waals surface area contributed by atoms with Gasteiger partial charge in [0.15, 0.2) is 23.0 Å². The summed E-state index contributed by atoms with van der Waals surface area (Å²) < 4.78 is 23.6. The minimum absolute atomic E-state index is 0.135. The van der Waals surface area contributed by atoms with Crippen molar-refractivity contribution in [1.29, 1.82) is 0 Å². The minimum atomic E-state index is -0.135. The zero-order valence-electron chi connectivity index (χ0n) is 17.6. The quantitative estimate of drug-likeness (QED) is 0.177. The lowest BCUT2D eigenvalue weighted by Crippen LogP contribution is -2.27. The maximum atomic E-state index is 12.6. The van der Waals surface area contributed by atoms with Crippen molar-refractivity contribution in [1.82, 2.24) is 4.90 Å². The van der Waals surface area contributed by atoms with Gasteiger partial charge in [-0.05, 0) is 51.8 Å². The van der Waals surface area contributed by atoms with Crippen molar-refractivity contribution in [3.63, 3.8) is 0 Å². The fourth-order valence-corrected chi connectivity index (χ4v) is 4.78. The summed E-state index contributed by atoms with van der Waals surface area (Å²) in [6.45, 7) is 4.68. The molecule has 2 aromatic carbocycles. The molecular weight excluding hydrogens is 514 g/mol. The van der Waals surface area contributed by atoms with Gasteiger partial charge < -0.3 is 18.9 Å². The topological polar surface area (TPSA) is 57.2 Å². The molecule has 0 saturated carbocycles. The molecule has 0 aliphatic carbocycles. The van der Waals surface area contributed by atoms with Crippen molar-refractivity contribution in [2.24, 2.45) is 0 Å². The van der Waals surface area contributed by atoms with Crippen molar-refractivity contribution in [3.8, 4) is 23.0 Å². The first-order valence-corrected chi connectivity index (χ1v) is 11.6. The van der Waals surface area contributed by atoms with Crippen molar-refractivity contribution < 1.29 is 23.7 Å². The Labute approximate surface area is 205 Å². The second-order valence-electron chi connectivity index (χ2n) is 6.46. The second-order valence-corrected chi connectivity index (χ2v) is 8.99. The lowest BCUT2D eigenvalue weighted by atomic mass is 10.2. The third kappa shape index (κ3) is 5.65. The molecule has 0 atom stereocenters. The number of thioether (sulfide) groups is 1. The molecule has 0 spiro atoms. The number of benzene rings is 2. The molecule has 0 N–H and O–H groups in total. The number of amides is 1. The van der Waals surface area contributed by atoms with E-state index in [0.29, 0.717) is 56.5 Å². The molecule has 1 heterocycles. The number of rotatable bonds is 10. The van der Waals surface area contributed by atoms with Crippen molar-refractivity contribution in [3.05, 3.63) is 64.0 Å². The molecule has 3 rings (SSSR count). The van der Waals surface area contributed by atoms with Crippen LogP contribution in [0.2, 0.25) is 0 Å². The van der Waals surface area contributed by atoms with Gasteiger partial charge in [-0.2, -0.15) is 0 Å². The summed E-state index contributed by atoms with van der Waals surface area (Å²) in [5.74, 6) is 2.25. The predicted octanol–water partition coefficient (Wildman–Crippen LogP) is 5.31. The van der Waals surface area contributed by atoms with Gasteiger partial charge in [0.25, 0.3) is 5.91 Å². The molecule has 0 bridgehead atoms. The van der Waals surface area contributed by atoms with E-state index in [1.165, 1.54) is 16.7 Å². The number of nitrogens with zero attached hydrogens (tertiary/aromatic N) is 1. The van der Waals surface area contributed by atoms with E-state index in [4.69, 9.17) is 31.2 Å². The summed E-state index contributed by atoms with van der Waals surface area (Å²) in [7, 11) is 3.16. The van der Waals surface area contributed by atoms with E-state index in [9.17, 15) is 4.79 Å². The molecule has 0 unspecified atom stereocenters. The van der Waals surface area contributed by atoms with Crippen molar-refractivity contribution in [2.45, 2.75) is 0 Å². The Kier molecular flexibility index (Phi) is 8.60. The molecule has 1 aliphatic heterocycles. The number of para-hydroxylation sites is 2. The summed E-state index contributed by atoms with van der Waals surface area (Å²) in [5.41, 5.74) is 0.783. The van der Waals surface area contributed by atoms with Crippen LogP contribution < -0.4 is 18.9 Å². The smallest absolute Gasteiger partial charge is 0.266 e. The first kappa shape index (κ1) is 24.2. The van der Waals surface area contributed by atoms with Gasteiger partial charge in [0, 0.05) is 6.54 Å². The monoisotopic (exact) mass is 535 g/mol. The maximum Gasteiger partial charge on any atom is 0.266 e. The number of ether oxygens (including phenoxy) is 4. The molecule has 2 aromatic rings. The van der Waals surface area contributed by atoms with Gasteiger partial charge in [-0.25, -0.2) is 0 Å². The Morgan fingerprint density at radius 3 is 2.47 bits per heavy atom. The molecule has 1 aliphatic rings. The summed E-state index contributed by atoms with van der Waals surface area (Å²) in [4.78, 5) is 14.6. The number of methoxy groups -OCH3 is 2. The van der Waals surface area contributed by atoms with Crippen LogP contribution in [0.5, 0.6) is 23.0 Å². The van der Waals surface area contributed by atoms with E-state index < -0.39 is 0 Å². The first-order chi connectivity index (χ1) is 15.5. The van der Waals surface area contributed by atoms with Crippen LogP contribution in [-0.4, -0.2) is 49.1 Å². The summed E-state index contributed by atoms with van der Waals surface area (Å²) in [6.07, 6.45) is 3.43. The van der Waals surface area contributed by atoms with Crippen LogP contribution in [0.25, 0.3) is 6.08 Å². The highest BCUT2D eigenvalue weighted by Crippen LogP contribution is 2.39. The molecule has 1 fully saturated rings. The van der Waals surface area contributed by atoms with Crippen LogP contribution in [0.3, 0.4) is 0 Å². The minimum Gasteiger partial charge on any atom is -0.493 e. The number of hydrogen-bond donors (Lipinski definition) is 0. The van der Waals surface area contributed by atoms with Crippen LogP contribution in [0.4, 0.5) is 0 Å². The molecule has 0 aromatic heterocycles. The molecule has 1 saturated heterocycles. The molecular formula is C23H22BrNO5S2. The van der Waals surface area contributed by atoms with Crippen molar-refractivity contribution >= 4 is 56.2 Å². The van der Waals surface area contributed by atoms with Gasteiger partial charge in [-0.15, -0.1) is 6.58 Å². The van der Waals surface area contributed by atoms with Crippen molar-refractivity contribution in [2.75, 3.05) is 34.0 Å². The Balaban J connectivity index is 1.69. The van der Waals surface area contributed by atoms with Crippen LogP contribution in [0.1, 0.15) is 5.56 Å². The predicted molar refractivity (Wildman–Crippen MR) is 135 cm³/mol. The fourth-order valence-electron chi connectivity index (χ4n) is 2.93. The van der Waals surface area contributed by atoms with E-state index >= 15 is 0 Å². The van der Waals surface area contributed by atoms with Crippen LogP contribution in [0.15, 0.2) is 58.4 Å². The van der Waals surface area contributed by atoms with Crippen LogP contribution >= 0.6 is 39.9 Å². The average molecular weight is 536 g/mol. The van der Waals surface area contributed by atoms with Crippen LogP contribution in [-0.2, 0) is 4.79 Å². The Morgan fingerprint density at radius 2 is 1.78 bits per heavy atom. The lowest BCUT2D eigenvalue weighted by Gasteiger charge is -2.15. The number of carbonyl (C=O) groups is 1. The largest absolute Gasteiger partial charge is 0.493 e. The Hall–Kier alpha value is -2.49. The van der Waals surface area contributed by atoms with Gasteiger partial charge >= 0.3 is 0 Å². The fraction of sp³-hybridized carbons (Fsp3) is 0.217. The first-order valence-electron chi connectivity index (χ1n) is 9.61. The van der Waals surface area contributed by atoms with Gasteiger partial charge in [0.2, 0.25) is 0 Å². The highest BCUT2D eigenvalue weighted by Gasteiger charge is 2.31. The SMILES string of the molecule is C=CCN1C(=O)C(=Cc2cc(Br)c(OCCOc3ccccc3OC)c(OC)c2)SC1=S. The second kappa shape index (κ2) is 11.4. The Bertz CT molecular complexity index is 1060. The summed E-state index contributed by atoms with van der Waals surface area (Å²) >= 11 is 10.1. The molecule has 168 valence electrons. The van der Waals surface area contributed by atoms with E-state index in [1.807, 2.05) is 30.3 Å². The normalized spacial score (nSPS) is 14.6. The Morgan fingerprint density at radius 1 is 1.09 bits per heavy atom. The molecule has 0 radical (unpaired) electrons. The van der Waals surface area contributed by atoms with Gasteiger partial charge in [0.05, 0.1) is 23.6 Å². The molecule has 9 heteroatoms. The van der Waals surface area contributed by atoms with Gasteiger partial charge in [0.1, 0.15) is 17.5 Å². The standard InChI is InChI=1S/C23H22BrNO5S2/c1-4-9-25-22(26)20(32-23(25)31)14-15-12-16(24)21(19(13-15)28-3)30-11-10-29-18-8-6-5-7-17(18)27-2/h4-8,12-14H,1,9-11H2,2-3H3. The number of hydrogen-bond acceptors (Lipinski definition) is 7. The highest BCUT2D eigenvalue weighted by atomic mass is 79.9.